The summed E-state index contributed by atoms with van der Waals surface area (Å²) in [5.74, 6) is 0.610. The van der Waals surface area contributed by atoms with Crippen molar-refractivity contribution in [2.24, 2.45) is 0 Å². The van der Waals surface area contributed by atoms with E-state index in [4.69, 9.17) is 4.74 Å². The van der Waals surface area contributed by atoms with Gasteiger partial charge in [-0.1, -0.05) is 37.3 Å². The van der Waals surface area contributed by atoms with Crippen LogP contribution < -0.4 is 4.74 Å². The van der Waals surface area contributed by atoms with Gasteiger partial charge in [-0.05, 0) is 12.0 Å². The fraction of sp³-hybridized carbons (Fsp3) is 0.267. The molecule has 5 nitrogen and oxygen atoms in total. The Bertz CT molecular complexity index is 693. The summed E-state index contributed by atoms with van der Waals surface area (Å²) < 4.78 is 7.53. The number of benzene rings is 1. The molecule has 3 aromatic rings. The van der Waals surface area contributed by atoms with Crippen LogP contribution in [-0.4, -0.2) is 26.4 Å². The fourth-order valence-electron chi connectivity index (χ4n) is 2.06. The average molecular weight is 268 g/mol. The van der Waals surface area contributed by atoms with E-state index in [0.717, 1.165) is 17.5 Å². The van der Waals surface area contributed by atoms with Gasteiger partial charge in [0.2, 0.25) is 5.88 Å². The standard InChI is InChI=1S/C15H16N4O/c1-2-8-20-15-13-9-16-11-17-14(13)19(18-15)10-12-6-4-3-5-7-12/h3-7,9,11H,2,8,10H2,1H3. The van der Waals surface area contributed by atoms with Crippen molar-refractivity contribution in [1.29, 1.82) is 0 Å². The highest BCUT2D eigenvalue weighted by Crippen LogP contribution is 2.23. The Hall–Kier alpha value is -2.43. The Kier molecular flexibility index (Phi) is 3.58. The maximum atomic E-state index is 5.67. The molecule has 3 rings (SSSR count). The van der Waals surface area contributed by atoms with Crippen LogP contribution in [0, 0.1) is 0 Å². The molecule has 20 heavy (non-hydrogen) atoms. The summed E-state index contributed by atoms with van der Waals surface area (Å²) in [7, 11) is 0. The third-order valence-corrected chi connectivity index (χ3v) is 3.00. The van der Waals surface area contributed by atoms with Crippen LogP contribution in [0.15, 0.2) is 42.9 Å². The van der Waals surface area contributed by atoms with Gasteiger partial charge in [-0.2, -0.15) is 0 Å². The lowest BCUT2D eigenvalue weighted by Gasteiger charge is -2.02. The summed E-state index contributed by atoms with van der Waals surface area (Å²) in [5.41, 5.74) is 1.98. The maximum Gasteiger partial charge on any atom is 0.244 e. The maximum absolute atomic E-state index is 5.67. The van der Waals surface area contributed by atoms with Gasteiger partial charge in [-0.15, -0.1) is 5.10 Å². The number of hydrogen-bond acceptors (Lipinski definition) is 4. The monoisotopic (exact) mass is 268 g/mol. The van der Waals surface area contributed by atoms with Crippen LogP contribution in [0.2, 0.25) is 0 Å². The molecule has 0 radical (unpaired) electrons. The second kappa shape index (κ2) is 5.69. The van der Waals surface area contributed by atoms with E-state index in [0.29, 0.717) is 19.0 Å². The molecule has 2 aromatic heterocycles. The number of fused-ring (bicyclic) bond motifs is 1. The zero-order valence-electron chi connectivity index (χ0n) is 11.4. The van der Waals surface area contributed by atoms with E-state index < -0.39 is 0 Å². The van der Waals surface area contributed by atoms with Crippen molar-refractivity contribution in [3.63, 3.8) is 0 Å². The van der Waals surface area contributed by atoms with Crippen molar-refractivity contribution >= 4 is 11.0 Å². The van der Waals surface area contributed by atoms with Gasteiger partial charge in [0.15, 0.2) is 5.65 Å². The SMILES string of the molecule is CCCOc1nn(Cc2ccccc2)c2ncncc12. The van der Waals surface area contributed by atoms with E-state index in [1.54, 1.807) is 6.20 Å². The predicted octanol–water partition coefficient (Wildman–Crippen LogP) is 2.66. The Morgan fingerprint density at radius 1 is 1.20 bits per heavy atom. The molecule has 0 amide bonds. The first-order valence-corrected chi connectivity index (χ1v) is 6.71. The Morgan fingerprint density at radius 3 is 2.85 bits per heavy atom. The first-order valence-electron chi connectivity index (χ1n) is 6.71. The number of rotatable bonds is 5. The normalized spacial score (nSPS) is 10.8. The topological polar surface area (TPSA) is 52.8 Å². The number of aromatic nitrogens is 4. The molecule has 2 heterocycles. The lowest BCUT2D eigenvalue weighted by atomic mass is 10.2. The smallest absolute Gasteiger partial charge is 0.244 e. The zero-order valence-corrected chi connectivity index (χ0v) is 11.4. The van der Waals surface area contributed by atoms with Crippen LogP contribution in [0.25, 0.3) is 11.0 Å². The molecule has 0 saturated heterocycles. The van der Waals surface area contributed by atoms with E-state index in [9.17, 15) is 0 Å². The molecule has 0 bridgehead atoms. The molecule has 0 spiro atoms. The van der Waals surface area contributed by atoms with Gasteiger partial charge in [-0.25, -0.2) is 14.6 Å². The van der Waals surface area contributed by atoms with Crippen LogP contribution in [-0.2, 0) is 6.54 Å². The van der Waals surface area contributed by atoms with Crippen molar-refractivity contribution in [2.75, 3.05) is 6.61 Å². The molecule has 0 aliphatic carbocycles. The van der Waals surface area contributed by atoms with Gasteiger partial charge in [0.1, 0.15) is 11.7 Å². The van der Waals surface area contributed by atoms with E-state index in [1.807, 2.05) is 22.9 Å². The van der Waals surface area contributed by atoms with Gasteiger partial charge >= 0.3 is 0 Å². The van der Waals surface area contributed by atoms with E-state index >= 15 is 0 Å². The molecule has 0 atom stereocenters. The largest absolute Gasteiger partial charge is 0.476 e. The summed E-state index contributed by atoms with van der Waals surface area (Å²) in [6, 6.07) is 10.2. The minimum Gasteiger partial charge on any atom is -0.476 e. The van der Waals surface area contributed by atoms with Gasteiger partial charge in [0, 0.05) is 6.20 Å². The minimum atomic E-state index is 0.610. The Labute approximate surface area is 117 Å². The third kappa shape index (κ3) is 2.47. The molecular weight excluding hydrogens is 252 g/mol. The summed E-state index contributed by atoms with van der Waals surface area (Å²) in [6.07, 6.45) is 4.23. The van der Waals surface area contributed by atoms with Crippen LogP contribution in [0.1, 0.15) is 18.9 Å². The minimum absolute atomic E-state index is 0.610. The highest BCUT2D eigenvalue weighted by atomic mass is 16.5. The molecule has 5 heteroatoms. The second-order valence-corrected chi connectivity index (χ2v) is 4.56. The number of hydrogen-bond donors (Lipinski definition) is 0. The summed E-state index contributed by atoms with van der Waals surface area (Å²) in [6.45, 7) is 3.38. The second-order valence-electron chi connectivity index (χ2n) is 4.56. The van der Waals surface area contributed by atoms with E-state index in [2.05, 4.69) is 34.1 Å². The summed E-state index contributed by atoms with van der Waals surface area (Å²) in [5, 5.41) is 5.37. The highest BCUT2D eigenvalue weighted by molar-refractivity contribution is 5.80. The Balaban J connectivity index is 1.98. The van der Waals surface area contributed by atoms with E-state index in [-0.39, 0.29) is 0 Å². The summed E-state index contributed by atoms with van der Waals surface area (Å²) in [4.78, 5) is 8.37. The molecule has 0 N–H and O–H groups in total. The van der Waals surface area contributed by atoms with Gasteiger partial charge in [0.25, 0.3) is 0 Å². The molecule has 0 unspecified atom stereocenters. The number of nitrogens with zero attached hydrogens (tertiary/aromatic N) is 4. The third-order valence-electron chi connectivity index (χ3n) is 3.00. The molecule has 1 aromatic carbocycles. The highest BCUT2D eigenvalue weighted by Gasteiger charge is 2.12. The van der Waals surface area contributed by atoms with Crippen LogP contribution >= 0.6 is 0 Å². The molecular formula is C15H16N4O. The van der Waals surface area contributed by atoms with Gasteiger partial charge in [-0.3, -0.25) is 0 Å². The molecule has 0 aliphatic heterocycles. The lowest BCUT2D eigenvalue weighted by Crippen LogP contribution is -2.03. The van der Waals surface area contributed by atoms with Crippen LogP contribution in [0.4, 0.5) is 0 Å². The Morgan fingerprint density at radius 2 is 2.05 bits per heavy atom. The van der Waals surface area contributed by atoms with Crippen molar-refractivity contribution in [1.82, 2.24) is 19.7 Å². The van der Waals surface area contributed by atoms with Gasteiger partial charge in [0.05, 0.1) is 13.2 Å². The van der Waals surface area contributed by atoms with Crippen LogP contribution in [0.5, 0.6) is 5.88 Å². The van der Waals surface area contributed by atoms with Crippen molar-refractivity contribution in [3.8, 4) is 5.88 Å². The number of ether oxygens (including phenoxy) is 1. The first-order chi connectivity index (χ1) is 9.88. The molecule has 0 fully saturated rings. The fourth-order valence-corrected chi connectivity index (χ4v) is 2.06. The molecule has 0 saturated carbocycles. The van der Waals surface area contributed by atoms with Crippen LogP contribution in [0.3, 0.4) is 0 Å². The average Bonchev–Trinajstić information content (AvgIpc) is 2.85. The van der Waals surface area contributed by atoms with E-state index in [1.165, 1.54) is 11.9 Å². The quantitative estimate of drug-likeness (QED) is 0.714. The predicted molar refractivity (Wildman–Crippen MR) is 76.7 cm³/mol. The van der Waals surface area contributed by atoms with Crippen molar-refractivity contribution in [2.45, 2.75) is 19.9 Å². The lowest BCUT2D eigenvalue weighted by molar-refractivity contribution is 0.304. The summed E-state index contributed by atoms with van der Waals surface area (Å²) >= 11 is 0. The zero-order chi connectivity index (χ0) is 13.8. The van der Waals surface area contributed by atoms with Crippen molar-refractivity contribution < 1.29 is 4.74 Å². The first kappa shape index (κ1) is 12.6. The molecule has 0 aliphatic rings. The van der Waals surface area contributed by atoms with Crippen molar-refractivity contribution in [3.05, 3.63) is 48.4 Å². The molecule has 102 valence electrons. The van der Waals surface area contributed by atoms with Gasteiger partial charge < -0.3 is 4.74 Å².